The minimum atomic E-state index is -0.403. The van der Waals surface area contributed by atoms with Crippen LogP contribution in [0.1, 0.15) is 11.1 Å². The Kier molecular flexibility index (Phi) is 8.18. The molecule has 0 aliphatic carbocycles. The van der Waals surface area contributed by atoms with E-state index in [2.05, 4.69) is 31.4 Å². The summed E-state index contributed by atoms with van der Waals surface area (Å²) < 4.78 is 17.7. The van der Waals surface area contributed by atoms with Crippen molar-refractivity contribution in [2.75, 3.05) is 13.7 Å². The van der Waals surface area contributed by atoms with Gasteiger partial charge in [-0.2, -0.15) is 5.10 Å². The zero-order chi connectivity index (χ0) is 24.6. The quantitative estimate of drug-likeness (QED) is 0.210. The minimum Gasteiger partial charge on any atom is -0.493 e. The number of carbonyl (C=O) groups excluding carboxylic acids is 1. The number of carbonyl (C=O) groups is 1. The van der Waals surface area contributed by atoms with E-state index in [4.69, 9.17) is 25.8 Å². The summed E-state index contributed by atoms with van der Waals surface area (Å²) in [6, 6.07) is 20.3. The van der Waals surface area contributed by atoms with Crippen molar-refractivity contribution in [2.24, 2.45) is 5.10 Å². The highest BCUT2D eigenvalue weighted by atomic mass is 79.9. The number of methoxy groups -OCH3 is 1. The van der Waals surface area contributed by atoms with Gasteiger partial charge in [0.25, 0.3) is 5.91 Å². The summed E-state index contributed by atoms with van der Waals surface area (Å²) in [5.74, 6) is 1.22. The van der Waals surface area contributed by atoms with Crippen LogP contribution < -0.4 is 19.6 Å². The third kappa shape index (κ3) is 6.49. The van der Waals surface area contributed by atoms with Crippen LogP contribution in [0.25, 0.3) is 10.9 Å². The summed E-state index contributed by atoms with van der Waals surface area (Å²) in [5, 5.41) is 5.63. The molecule has 0 saturated carbocycles. The number of rotatable bonds is 9. The molecule has 4 aromatic rings. The maximum atomic E-state index is 12.2. The molecule has 0 unspecified atom stereocenters. The lowest BCUT2D eigenvalue weighted by atomic mass is 10.2. The number of hydrogen-bond acceptors (Lipinski definition) is 6. The van der Waals surface area contributed by atoms with E-state index in [1.165, 1.54) is 6.21 Å². The Morgan fingerprint density at radius 1 is 1.06 bits per heavy atom. The number of para-hydroxylation sites is 1. The molecule has 0 saturated heterocycles. The highest BCUT2D eigenvalue weighted by Gasteiger charge is 2.11. The van der Waals surface area contributed by atoms with Gasteiger partial charge in [-0.25, -0.2) is 5.43 Å². The summed E-state index contributed by atoms with van der Waals surface area (Å²) in [6.07, 6.45) is 3.19. The van der Waals surface area contributed by atoms with Crippen LogP contribution in [0, 0.1) is 0 Å². The normalized spacial score (nSPS) is 10.9. The van der Waals surface area contributed by atoms with Crippen LogP contribution in [-0.2, 0) is 11.4 Å². The van der Waals surface area contributed by atoms with Gasteiger partial charge in [0, 0.05) is 26.6 Å². The molecule has 9 heteroatoms. The molecule has 0 bridgehead atoms. The van der Waals surface area contributed by atoms with Crippen molar-refractivity contribution in [2.45, 2.75) is 6.61 Å². The fourth-order valence-corrected chi connectivity index (χ4v) is 3.76. The number of hydrogen-bond donors (Lipinski definition) is 1. The third-order valence-electron chi connectivity index (χ3n) is 4.94. The Labute approximate surface area is 215 Å². The van der Waals surface area contributed by atoms with E-state index >= 15 is 0 Å². The van der Waals surface area contributed by atoms with Gasteiger partial charge in [-0.1, -0.05) is 41.9 Å². The summed E-state index contributed by atoms with van der Waals surface area (Å²) >= 11 is 9.44. The van der Waals surface area contributed by atoms with Crippen molar-refractivity contribution in [3.63, 3.8) is 0 Å². The fraction of sp³-hybridized carbons (Fsp3) is 0.115. The van der Waals surface area contributed by atoms with Crippen molar-refractivity contribution >= 4 is 50.6 Å². The predicted molar refractivity (Wildman–Crippen MR) is 139 cm³/mol. The molecule has 0 atom stereocenters. The second kappa shape index (κ2) is 11.7. The van der Waals surface area contributed by atoms with Crippen LogP contribution >= 0.6 is 27.5 Å². The highest BCUT2D eigenvalue weighted by molar-refractivity contribution is 9.10. The molecule has 4 rings (SSSR count). The first kappa shape index (κ1) is 24.5. The van der Waals surface area contributed by atoms with Crippen LogP contribution in [0.5, 0.6) is 17.2 Å². The lowest BCUT2D eigenvalue weighted by Crippen LogP contribution is -2.24. The van der Waals surface area contributed by atoms with E-state index in [1.807, 2.05) is 48.5 Å². The predicted octanol–water partition coefficient (Wildman–Crippen LogP) is 5.77. The van der Waals surface area contributed by atoms with Crippen LogP contribution in [0.3, 0.4) is 0 Å². The standard InChI is InChI=1S/C26H21BrClN3O4/c1-33-23-12-19(21(27)13-24(23)34-15-17-7-9-20(28)10-8-17)14-30-31-25(32)16-35-22-6-2-4-18-5-3-11-29-26(18)22/h2-14H,15-16H2,1H3,(H,31,32). The SMILES string of the molecule is COc1cc(C=NNC(=O)COc2cccc3cccnc23)c(Br)cc1OCc1ccc(Cl)cc1. The molecule has 178 valence electrons. The van der Waals surface area contributed by atoms with Crippen LogP contribution in [0.4, 0.5) is 0 Å². The van der Waals surface area contributed by atoms with Gasteiger partial charge in [0.1, 0.15) is 17.9 Å². The smallest absolute Gasteiger partial charge is 0.277 e. The number of aromatic nitrogens is 1. The number of pyridine rings is 1. The Hall–Kier alpha value is -3.62. The maximum Gasteiger partial charge on any atom is 0.277 e. The average molecular weight is 555 g/mol. The van der Waals surface area contributed by atoms with Crippen LogP contribution in [0.2, 0.25) is 5.02 Å². The molecule has 1 heterocycles. The molecule has 0 aliphatic rings. The Bertz CT molecular complexity index is 1360. The summed E-state index contributed by atoms with van der Waals surface area (Å²) in [6.45, 7) is 0.157. The molecule has 0 aliphatic heterocycles. The molecular formula is C26H21BrClN3O4. The van der Waals surface area contributed by atoms with Gasteiger partial charge < -0.3 is 14.2 Å². The topological polar surface area (TPSA) is 82.0 Å². The molecule has 0 spiro atoms. The van der Waals surface area contributed by atoms with Crippen molar-refractivity contribution in [1.29, 1.82) is 0 Å². The molecule has 7 nitrogen and oxygen atoms in total. The van der Waals surface area contributed by atoms with Gasteiger partial charge in [0.2, 0.25) is 0 Å². The van der Waals surface area contributed by atoms with Gasteiger partial charge in [-0.05, 0) is 57.9 Å². The Morgan fingerprint density at radius 2 is 1.86 bits per heavy atom. The molecule has 0 radical (unpaired) electrons. The van der Waals surface area contributed by atoms with Crippen molar-refractivity contribution in [3.05, 3.63) is 93.5 Å². The first-order chi connectivity index (χ1) is 17.0. The van der Waals surface area contributed by atoms with E-state index in [0.717, 1.165) is 15.4 Å². The molecule has 1 aromatic heterocycles. The lowest BCUT2D eigenvalue weighted by molar-refractivity contribution is -0.123. The number of halogens is 2. The van der Waals surface area contributed by atoms with Gasteiger partial charge in [-0.15, -0.1) is 0 Å². The van der Waals surface area contributed by atoms with Crippen molar-refractivity contribution < 1.29 is 19.0 Å². The van der Waals surface area contributed by atoms with E-state index in [0.29, 0.717) is 40.0 Å². The largest absolute Gasteiger partial charge is 0.493 e. The van der Waals surface area contributed by atoms with Gasteiger partial charge in [0.05, 0.1) is 13.3 Å². The average Bonchev–Trinajstić information content (AvgIpc) is 2.88. The first-order valence-corrected chi connectivity index (χ1v) is 11.7. The zero-order valence-corrected chi connectivity index (χ0v) is 21.0. The van der Waals surface area contributed by atoms with Crippen LogP contribution in [-0.4, -0.2) is 30.8 Å². The second-order valence-corrected chi connectivity index (χ2v) is 8.64. The van der Waals surface area contributed by atoms with Crippen LogP contribution in [0.15, 0.2) is 82.5 Å². The van der Waals surface area contributed by atoms with Gasteiger partial charge in [0.15, 0.2) is 18.1 Å². The minimum absolute atomic E-state index is 0.199. The number of hydrazone groups is 1. The molecule has 0 fully saturated rings. The monoisotopic (exact) mass is 553 g/mol. The second-order valence-electron chi connectivity index (χ2n) is 7.35. The Morgan fingerprint density at radius 3 is 2.66 bits per heavy atom. The highest BCUT2D eigenvalue weighted by Crippen LogP contribution is 2.33. The van der Waals surface area contributed by atoms with E-state index in [-0.39, 0.29) is 6.61 Å². The summed E-state index contributed by atoms with van der Waals surface area (Å²) in [5.41, 5.74) is 4.83. The zero-order valence-electron chi connectivity index (χ0n) is 18.7. The molecule has 1 N–H and O–H groups in total. The van der Waals surface area contributed by atoms with Gasteiger partial charge in [-0.3, -0.25) is 9.78 Å². The Balaban J connectivity index is 1.35. The van der Waals surface area contributed by atoms with Crippen molar-refractivity contribution in [3.8, 4) is 17.2 Å². The maximum absolute atomic E-state index is 12.2. The number of benzene rings is 3. The number of ether oxygens (including phenoxy) is 3. The van der Waals surface area contributed by atoms with E-state index < -0.39 is 5.91 Å². The van der Waals surface area contributed by atoms with E-state index in [9.17, 15) is 4.79 Å². The number of amides is 1. The first-order valence-electron chi connectivity index (χ1n) is 10.6. The van der Waals surface area contributed by atoms with Crippen molar-refractivity contribution in [1.82, 2.24) is 10.4 Å². The number of nitrogens with zero attached hydrogens (tertiary/aromatic N) is 2. The molecule has 35 heavy (non-hydrogen) atoms. The molecule has 1 amide bonds. The fourth-order valence-electron chi connectivity index (χ4n) is 3.21. The summed E-state index contributed by atoms with van der Waals surface area (Å²) in [7, 11) is 1.56. The lowest BCUT2D eigenvalue weighted by Gasteiger charge is -2.13. The molecular weight excluding hydrogens is 534 g/mol. The van der Waals surface area contributed by atoms with Gasteiger partial charge >= 0.3 is 0 Å². The van der Waals surface area contributed by atoms with E-state index in [1.54, 1.807) is 31.5 Å². The number of fused-ring (bicyclic) bond motifs is 1. The number of nitrogens with one attached hydrogen (secondary N) is 1. The third-order valence-corrected chi connectivity index (χ3v) is 5.88. The summed E-state index contributed by atoms with van der Waals surface area (Å²) in [4.78, 5) is 16.5. The molecule has 3 aromatic carbocycles.